The van der Waals surface area contributed by atoms with Crippen molar-refractivity contribution in [1.29, 1.82) is 0 Å². The molecule has 2 atom stereocenters. The number of alkyl carbamates (subject to hydrolysis) is 1. The maximum atomic E-state index is 14.1. The predicted molar refractivity (Wildman–Crippen MR) is 143 cm³/mol. The number of allylic oxidation sites excluding steroid dienone is 1. The van der Waals surface area contributed by atoms with E-state index in [0.29, 0.717) is 5.56 Å². The number of hydrogen-bond acceptors (Lipinski definition) is 6. The molecule has 208 valence electrons. The van der Waals surface area contributed by atoms with Crippen LogP contribution in [0.2, 0.25) is 0 Å². The van der Waals surface area contributed by atoms with Crippen LogP contribution >= 0.6 is 0 Å². The number of carboxylic acids is 1. The molecule has 1 aliphatic heterocycles. The molecule has 0 saturated carbocycles. The molecular formula is C29H35N3O7. The third-order valence-corrected chi connectivity index (χ3v) is 6.03. The highest BCUT2D eigenvalue weighted by molar-refractivity contribution is 5.97. The van der Waals surface area contributed by atoms with E-state index in [1.54, 1.807) is 58.9 Å². The number of ether oxygens (including phenoxy) is 2. The Labute approximate surface area is 228 Å². The topological polar surface area (TPSA) is 125 Å². The molecule has 0 unspecified atom stereocenters. The van der Waals surface area contributed by atoms with Crippen molar-refractivity contribution in [3.05, 3.63) is 83.1 Å². The minimum Gasteiger partial charge on any atom is -0.480 e. The second kappa shape index (κ2) is 12.5. The number of amides is 3. The van der Waals surface area contributed by atoms with Gasteiger partial charge in [0.1, 0.15) is 5.60 Å². The van der Waals surface area contributed by atoms with Crippen molar-refractivity contribution in [3.63, 3.8) is 0 Å². The molecule has 0 fully saturated rings. The largest absolute Gasteiger partial charge is 0.480 e. The maximum Gasteiger partial charge on any atom is 0.408 e. The van der Waals surface area contributed by atoms with E-state index in [-0.39, 0.29) is 31.0 Å². The van der Waals surface area contributed by atoms with E-state index in [2.05, 4.69) is 5.32 Å². The zero-order valence-electron chi connectivity index (χ0n) is 22.8. The van der Waals surface area contributed by atoms with Gasteiger partial charge in [-0.05, 0) is 45.7 Å². The van der Waals surface area contributed by atoms with Gasteiger partial charge in [-0.2, -0.15) is 0 Å². The van der Waals surface area contributed by atoms with Crippen LogP contribution in [0.15, 0.2) is 71.9 Å². The van der Waals surface area contributed by atoms with E-state index in [4.69, 9.17) is 9.47 Å². The lowest BCUT2D eigenvalue weighted by atomic mass is 9.92. The van der Waals surface area contributed by atoms with E-state index in [1.807, 2.05) is 36.4 Å². The summed E-state index contributed by atoms with van der Waals surface area (Å²) in [5.41, 5.74) is 0.829. The van der Waals surface area contributed by atoms with E-state index in [0.717, 1.165) is 5.56 Å². The maximum absolute atomic E-state index is 14.1. The van der Waals surface area contributed by atoms with Gasteiger partial charge in [0, 0.05) is 12.2 Å². The fourth-order valence-electron chi connectivity index (χ4n) is 4.37. The summed E-state index contributed by atoms with van der Waals surface area (Å²) in [6, 6.07) is 14.6. The minimum absolute atomic E-state index is 0.0222. The number of carbonyl (C=O) groups excluding carboxylic acids is 3. The van der Waals surface area contributed by atoms with Crippen LogP contribution < -0.4 is 5.32 Å². The minimum atomic E-state index is -1.71. The molecule has 2 aromatic rings. The normalized spacial score (nSPS) is 16.5. The molecule has 3 amide bonds. The lowest BCUT2D eigenvalue weighted by molar-refractivity contribution is -0.142. The van der Waals surface area contributed by atoms with Gasteiger partial charge in [0.2, 0.25) is 0 Å². The monoisotopic (exact) mass is 537 g/mol. The van der Waals surface area contributed by atoms with Gasteiger partial charge in [-0.25, -0.2) is 19.2 Å². The van der Waals surface area contributed by atoms with E-state index in [9.17, 15) is 24.3 Å². The summed E-state index contributed by atoms with van der Waals surface area (Å²) in [6.45, 7) is 8.29. The van der Waals surface area contributed by atoms with Gasteiger partial charge in [-0.3, -0.25) is 4.90 Å². The summed E-state index contributed by atoms with van der Waals surface area (Å²) in [7, 11) is 0. The number of carboxylic acid groups (broad SMARTS) is 1. The quantitative estimate of drug-likeness (QED) is 0.457. The van der Waals surface area contributed by atoms with Gasteiger partial charge in [-0.15, -0.1) is 0 Å². The molecule has 0 aromatic heterocycles. The zero-order chi connectivity index (χ0) is 28.7. The average molecular weight is 538 g/mol. The molecule has 2 N–H and O–H groups in total. The number of esters is 1. The number of urea groups is 1. The molecule has 10 nitrogen and oxygen atoms in total. The van der Waals surface area contributed by atoms with Gasteiger partial charge < -0.3 is 24.8 Å². The molecule has 0 saturated heterocycles. The van der Waals surface area contributed by atoms with Crippen LogP contribution in [0.4, 0.5) is 9.59 Å². The molecule has 2 aromatic carbocycles. The van der Waals surface area contributed by atoms with E-state index >= 15 is 0 Å². The predicted octanol–water partition coefficient (Wildman–Crippen LogP) is 4.31. The van der Waals surface area contributed by atoms with Crippen molar-refractivity contribution >= 4 is 24.1 Å². The van der Waals surface area contributed by atoms with Crippen molar-refractivity contribution in [2.75, 3.05) is 6.61 Å². The van der Waals surface area contributed by atoms with Crippen LogP contribution in [0.25, 0.3) is 0 Å². The first-order chi connectivity index (χ1) is 18.4. The van der Waals surface area contributed by atoms with Crippen LogP contribution in [0.3, 0.4) is 0 Å². The Kier molecular flexibility index (Phi) is 9.34. The molecule has 1 aliphatic rings. The molecule has 10 heteroatoms. The van der Waals surface area contributed by atoms with E-state index < -0.39 is 41.7 Å². The number of hydrogen-bond donors (Lipinski definition) is 2. The van der Waals surface area contributed by atoms with Crippen LogP contribution in [-0.2, 0) is 32.2 Å². The summed E-state index contributed by atoms with van der Waals surface area (Å²) in [4.78, 5) is 55.5. The Morgan fingerprint density at radius 3 is 2.00 bits per heavy atom. The molecule has 0 bridgehead atoms. The Morgan fingerprint density at radius 2 is 1.51 bits per heavy atom. The first-order valence-corrected chi connectivity index (χ1v) is 12.7. The third kappa shape index (κ3) is 7.37. The number of rotatable bonds is 9. The first kappa shape index (κ1) is 29.2. The van der Waals surface area contributed by atoms with Gasteiger partial charge in [0.15, 0.2) is 6.04 Å². The van der Waals surface area contributed by atoms with Crippen LogP contribution in [0.5, 0.6) is 0 Å². The highest BCUT2D eigenvalue weighted by atomic mass is 16.6. The number of carbonyl (C=O) groups is 4. The van der Waals surface area contributed by atoms with Gasteiger partial charge in [-0.1, -0.05) is 60.7 Å². The summed E-state index contributed by atoms with van der Waals surface area (Å²) in [5, 5.41) is 12.6. The fourth-order valence-corrected chi connectivity index (χ4v) is 4.37. The van der Waals surface area contributed by atoms with Crippen molar-refractivity contribution in [2.45, 2.75) is 65.4 Å². The molecule has 0 radical (unpaired) electrons. The Balaban J connectivity index is 2.18. The molecular weight excluding hydrogens is 502 g/mol. The van der Waals surface area contributed by atoms with Crippen molar-refractivity contribution in [2.24, 2.45) is 0 Å². The van der Waals surface area contributed by atoms with Gasteiger partial charge >= 0.3 is 24.1 Å². The number of nitrogens with zero attached hydrogens (tertiary/aromatic N) is 2. The molecule has 3 rings (SSSR count). The highest BCUT2D eigenvalue weighted by Gasteiger charge is 2.48. The first-order valence-electron chi connectivity index (χ1n) is 12.7. The van der Waals surface area contributed by atoms with Crippen LogP contribution in [-0.4, -0.2) is 63.3 Å². The van der Waals surface area contributed by atoms with Crippen molar-refractivity contribution < 1.29 is 33.8 Å². The summed E-state index contributed by atoms with van der Waals surface area (Å²) >= 11 is 0. The van der Waals surface area contributed by atoms with Gasteiger partial charge in [0.25, 0.3) is 0 Å². The summed E-state index contributed by atoms with van der Waals surface area (Å²) in [6.07, 6.45) is -0.991. The molecule has 1 heterocycles. The summed E-state index contributed by atoms with van der Waals surface area (Å²) < 4.78 is 10.6. The molecule has 39 heavy (non-hydrogen) atoms. The van der Waals surface area contributed by atoms with Crippen molar-refractivity contribution in [1.82, 2.24) is 15.1 Å². The smallest absolute Gasteiger partial charge is 0.408 e. The van der Waals surface area contributed by atoms with E-state index in [1.165, 1.54) is 9.80 Å². The average Bonchev–Trinajstić information content (AvgIpc) is 2.87. The Bertz CT molecular complexity index is 1220. The molecule has 0 aliphatic carbocycles. The lowest BCUT2D eigenvalue weighted by Gasteiger charge is -2.44. The number of benzene rings is 2. The molecule has 0 spiro atoms. The lowest BCUT2D eigenvalue weighted by Crippen LogP contribution is -2.63. The second-order valence-corrected chi connectivity index (χ2v) is 10.1. The number of nitrogens with one attached hydrogen (secondary N) is 1. The highest BCUT2D eigenvalue weighted by Crippen LogP contribution is 2.32. The zero-order valence-corrected chi connectivity index (χ0v) is 22.8. The summed E-state index contributed by atoms with van der Waals surface area (Å²) in [5.74, 6) is -2.22. The standard InChI is InChI=1S/C29H35N3O7/c1-6-38-26(35)22-19(2)31(17-20-13-9-7-10-14-20)28(37)32(18-21-15-11-8-12-16-21)24(22)23(25(33)34)30-27(36)39-29(3,4)5/h7-16,23-24H,6,17-18H2,1-5H3,(H,30,36)(H,33,34)/t23-,24+/m0/s1. The fraction of sp³-hybridized carbons (Fsp3) is 0.379. The SMILES string of the molecule is CCOC(=O)C1=C(C)N(Cc2ccccc2)C(=O)N(Cc2ccccc2)[C@H]1[C@H](NC(=O)OC(C)(C)C)C(=O)O. The van der Waals surface area contributed by atoms with Gasteiger partial charge in [0.05, 0.1) is 24.8 Å². The Morgan fingerprint density at radius 1 is 0.974 bits per heavy atom. The van der Waals surface area contributed by atoms with Crippen LogP contribution in [0, 0.1) is 0 Å². The number of aliphatic carboxylic acids is 1. The third-order valence-electron chi connectivity index (χ3n) is 6.03. The van der Waals surface area contributed by atoms with Crippen LogP contribution in [0.1, 0.15) is 45.7 Å². The second-order valence-electron chi connectivity index (χ2n) is 10.1. The van der Waals surface area contributed by atoms with Crippen molar-refractivity contribution in [3.8, 4) is 0 Å². The Hall–Kier alpha value is -4.34.